The van der Waals surface area contributed by atoms with Crippen molar-refractivity contribution in [1.82, 2.24) is 9.80 Å². The number of guanidine groups is 1. The smallest absolute Gasteiger partial charge is 0.191 e. The van der Waals surface area contributed by atoms with Crippen molar-refractivity contribution in [1.29, 1.82) is 0 Å². The second kappa shape index (κ2) is 6.95. The van der Waals surface area contributed by atoms with E-state index in [9.17, 15) is 0 Å². The quantitative estimate of drug-likeness (QED) is 0.664. The highest BCUT2D eigenvalue weighted by Crippen LogP contribution is 2.25. The SMILES string of the molecule is NC(=NCC(c1ccco1)N1CCCC1)N1CCOCC1. The van der Waals surface area contributed by atoms with Gasteiger partial charge in [-0.1, -0.05) is 0 Å². The third kappa shape index (κ3) is 3.57. The molecule has 1 unspecified atom stereocenters. The normalized spacial score (nSPS) is 22.7. The van der Waals surface area contributed by atoms with Crippen molar-refractivity contribution >= 4 is 5.96 Å². The molecule has 2 saturated heterocycles. The first-order valence-corrected chi connectivity index (χ1v) is 7.74. The van der Waals surface area contributed by atoms with Crippen LogP contribution in [0.3, 0.4) is 0 Å². The molecule has 0 aromatic carbocycles. The van der Waals surface area contributed by atoms with Crippen LogP contribution in [0, 0.1) is 0 Å². The Bertz CT molecular complexity index is 448. The topological polar surface area (TPSA) is 67.2 Å². The fourth-order valence-electron chi connectivity index (χ4n) is 2.99. The lowest BCUT2D eigenvalue weighted by Crippen LogP contribution is -2.45. The van der Waals surface area contributed by atoms with Gasteiger partial charge in [0.1, 0.15) is 5.76 Å². The van der Waals surface area contributed by atoms with Crippen LogP contribution in [0.5, 0.6) is 0 Å². The maximum Gasteiger partial charge on any atom is 0.191 e. The number of hydrogen-bond donors (Lipinski definition) is 1. The van der Waals surface area contributed by atoms with Crippen LogP contribution in [0.15, 0.2) is 27.8 Å². The minimum atomic E-state index is 0.196. The Morgan fingerprint density at radius 1 is 1.24 bits per heavy atom. The Morgan fingerprint density at radius 2 is 2.00 bits per heavy atom. The van der Waals surface area contributed by atoms with Crippen LogP contribution >= 0.6 is 0 Å². The minimum absolute atomic E-state index is 0.196. The number of rotatable bonds is 4. The number of aliphatic imine (C=N–C) groups is 1. The summed E-state index contributed by atoms with van der Waals surface area (Å²) in [5.41, 5.74) is 6.12. The highest BCUT2D eigenvalue weighted by Gasteiger charge is 2.25. The summed E-state index contributed by atoms with van der Waals surface area (Å²) in [7, 11) is 0. The Morgan fingerprint density at radius 3 is 2.67 bits per heavy atom. The molecule has 2 N–H and O–H groups in total. The van der Waals surface area contributed by atoms with Crippen molar-refractivity contribution < 1.29 is 9.15 Å². The van der Waals surface area contributed by atoms with Crippen molar-refractivity contribution in [2.24, 2.45) is 10.7 Å². The van der Waals surface area contributed by atoms with E-state index >= 15 is 0 Å². The summed E-state index contributed by atoms with van der Waals surface area (Å²) in [5.74, 6) is 1.60. The van der Waals surface area contributed by atoms with Crippen LogP contribution in [0.1, 0.15) is 24.6 Å². The van der Waals surface area contributed by atoms with Crippen molar-refractivity contribution in [3.05, 3.63) is 24.2 Å². The molecule has 1 aromatic rings. The van der Waals surface area contributed by atoms with Gasteiger partial charge in [0.05, 0.1) is 32.1 Å². The molecule has 0 saturated carbocycles. The van der Waals surface area contributed by atoms with Crippen LogP contribution in [0.2, 0.25) is 0 Å². The molecule has 0 spiro atoms. The lowest BCUT2D eigenvalue weighted by Gasteiger charge is -2.29. The van der Waals surface area contributed by atoms with E-state index < -0.39 is 0 Å². The minimum Gasteiger partial charge on any atom is -0.468 e. The summed E-state index contributed by atoms with van der Waals surface area (Å²) in [6, 6.07) is 4.17. The number of nitrogens with zero attached hydrogens (tertiary/aromatic N) is 3. The molecular weight excluding hydrogens is 268 g/mol. The number of nitrogens with two attached hydrogens (primary N) is 1. The predicted octanol–water partition coefficient (Wildman–Crippen LogP) is 1.06. The van der Waals surface area contributed by atoms with Crippen LogP contribution in [-0.2, 0) is 4.74 Å². The number of furan rings is 1. The van der Waals surface area contributed by atoms with Gasteiger partial charge in [-0.25, -0.2) is 0 Å². The number of likely N-dealkylation sites (tertiary alicyclic amines) is 1. The zero-order chi connectivity index (χ0) is 14.5. The molecule has 0 bridgehead atoms. The second-order valence-corrected chi connectivity index (χ2v) is 5.57. The summed E-state index contributed by atoms with van der Waals surface area (Å²) < 4.78 is 10.9. The first-order valence-electron chi connectivity index (χ1n) is 7.74. The summed E-state index contributed by atoms with van der Waals surface area (Å²) in [5, 5.41) is 0. The van der Waals surface area contributed by atoms with Gasteiger partial charge in [-0.15, -0.1) is 0 Å². The average Bonchev–Trinajstić information content (AvgIpc) is 3.22. The van der Waals surface area contributed by atoms with Gasteiger partial charge < -0.3 is 19.8 Å². The third-order valence-corrected chi connectivity index (χ3v) is 4.21. The van der Waals surface area contributed by atoms with Gasteiger partial charge in [0.15, 0.2) is 5.96 Å². The summed E-state index contributed by atoms with van der Waals surface area (Å²) in [6.45, 7) is 5.97. The van der Waals surface area contributed by atoms with E-state index in [1.165, 1.54) is 12.8 Å². The standard InChI is InChI=1S/C15H24N4O2/c16-15(19-7-10-20-11-8-19)17-12-13(14-4-3-9-21-14)18-5-1-2-6-18/h3-4,9,13H,1-2,5-8,10-12H2,(H2,16,17). The third-order valence-electron chi connectivity index (χ3n) is 4.21. The molecule has 116 valence electrons. The Kier molecular flexibility index (Phi) is 4.77. The first kappa shape index (κ1) is 14.4. The highest BCUT2D eigenvalue weighted by atomic mass is 16.5. The molecule has 3 rings (SSSR count). The van der Waals surface area contributed by atoms with E-state index in [1.807, 2.05) is 12.1 Å². The van der Waals surface area contributed by atoms with E-state index in [4.69, 9.17) is 14.9 Å². The Labute approximate surface area is 125 Å². The van der Waals surface area contributed by atoms with E-state index in [0.29, 0.717) is 12.5 Å². The molecule has 1 atom stereocenters. The van der Waals surface area contributed by atoms with Gasteiger partial charge in [0.25, 0.3) is 0 Å². The molecule has 6 nitrogen and oxygen atoms in total. The van der Waals surface area contributed by atoms with E-state index in [-0.39, 0.29) is 6.04 Å². The van der Waals surface area contributed by atoms with E-state index in [0.717, 1.165) is 45.2 Å². The highest BCUT2D eigenvalue weighted by molar-refractivity contribution is 5.78. The Balaban J connectivity index is 1.66. The fourth-order valence-corrected chi connectivity index (χ4v) is 2.99. The molecule has 21 heavy (non-hydrogen) atoms. The fraction of sp³-hybridized carbons (Fsp3) is 0.667. The van der Waals surface area contributed by atoms with Gasteiger partial charge >= 0.3 is 0 Å². The molecule has 6 heteroatoms. The lowest BCUT2D eigenvalue weighted by atomic mass is 10.2. The molecule has 0 amide bonds. The maximum absolute atomic E-state index is 6.12. The zero-order valence-electron chi connectivity index (χ0n) is 12.4. The van der Waals surface area contributed by atoms with Crippen LogP contribution in [0.25, 0.3) is 0 Å². The molecule has 0 aliphatic carbocycles. The van der Waals surface area contributed by atoms with Crippen LogP contribution in [0.4, 0.5) is 0 Å². The summed E-state index contributed by atoms with van der Waals surface area (Å²) in [4.78, 5) is 9.14. The lowest BCUT2D eigenvalue weighted by molar-refractivity contribution is 0.0673. The first-order chi connectivity index (χ1) is 10.3. The average molecular weight is 292 g/mol. The van der Waals surface area contributed by atoms with Crippen LogP contribution < -0.4 is 5.73 Å². The number of morpholine rings is 1. The summed E-state index contributed by atoms with van der Waals surface area (Å²) >= 11 is 0. The largest absolute Gasteiger partial charge is 0.468 e. The van der Waals surface area contributed by atoms with Gasteiger partial charge in [-0.3, -0.25) is 9.89 Å². The molecule has 3 heterocycles. The number of hydrogen-bond acceptors (Lipinski definition) is 4. The molecule has 2 aliphatic heterocycles. The molecule has 2 fully saturated rings. The van der Waals surface area contributed by atoms with Crippen molar-refractivity contribution in [2.45, 2.75) is 18.9 Å². The maximum atomic E-state index is 6.12. The molecule has 1 aromatic heterocycles. The van der Waals surface area contributed by atoms with Crippen molar-refractivity contribution in [3.63, 3.8) is 0 Å². The van der Waals surface area contributed by atoms with E-state index in [2.05, 4.69) is 14.8 Å². The van der Waals surface area contributed by atoms with Gasteiger partial charge in [0, 0.05) is 13.1 Å². The second-order valence-electron chi connectivity index (χ2n) is 5.57. The monoisotopic (exact) mass is 292 g/mol. The predicted molar refractivity (Wildman–Crippen MR) is 81.1 cm³/mol. The molecule has 0 radical (unpaired) electrons. The summed E-state index contributed by atoms with van der Waals surface area (Å²) in [6.07, 6.45) is 4.23. The Hall–Kier alpha value is -1.53. The number of ether oxygens (including phenoxy) is 1. The van der Waals surface area contributed by atoms with Gasteiger partial charge in [-0.2, -0.15) is 0 Å². The zero-order valence-corrected chi connectivity index (χ0v) is 12.4. The van der Waals surface area contributed by atoms with Crippen molar-refractivity contribution in [3.8, 4) is 0 Å². The molecule has 2 aliphatic rings. The van der Waals surface area contributed by atoms with Gasteiger partial charge in [-0.05, 0) is 38.1 Å². The molecular formula is C15H24N4O2. The van der Waals surface area contributed by atoms with Crippen molar-refractivity contribution in [2.75, 3.05) is 45.9 Å². The van der Waals surface area contributed by atoms with E-state index in [1.54, 1.807) is 6.26 Å². The van der Waals surface area contributed by atoms with Gasteiger partial charge in [0.2, 0.25) is 0 Å². The van der Waals surface area contributed by atoms with Crippen LogP contribution in [-0.4, -0.2) is 61.7 Å².